The maximum atomic E-state index is 12.1. The third kappa shape index (κ3) is 2.92. The monoisotopic (exact) mass is 276 g/mol. The van der Waals surface area contributed by atoms with E-state index >= 15 is 0 Å². The first-order valence-electron chi connectivity index (χ1n) is 6.65. The van der Waals surface area contributed by atoms with Crippen LogP contribution >= 0.6 is 0 Å². The lowest BCUT2D eigenvalue weighted by atomic mass is 9.95. The molecule has 1 atom stereocenters. The van der Waals surface area contributed by atoms with Crippen LogP contribution in [0, 0.1) is 0 Å². The number of methoxy groups -OCH3 is 1. The fourth-order valence-corrected chi connectivity index (χ4v) is 2.01. The van der Waals surface area contributed by atoms with E-state index in [0.717, 1.165) is 17.0 Å². The van der Waals surface area contributed by atoms with Gasteiger partial charge in [0, 0.05) is 12.5 Å². The zero-order valence-electron chi connectivity index (χ0n) is 12.3. The van der Waals surface area contributed by atoms with Gasteiger partial charge in [0.15, 0.2) is 0 Å². The highest BCUT2D eigenvalue weighted by Gasteiger charge is 2.42. The molecule has 1 unspecified atom stereocenters. The second-order valence-corrected chi connectivity index (χ2v) is 5.39. The Balaban J connectivity index is 2.08. The zero-order chi connectivity index (χ0) is 14.8. The van der Waals surface area contributed by atoms with Gasteiger partial charge in [0.1, 0.15) is 5.75 Å². The smallest absolute Gasteiger partial charge is 0.267 e. The summed E-state index contributed by atoms with van der Waals surface area (Å²) in [6.07, 6.45) is 0.456. The summed E-state index contributed by atoms with van der Waals surface area (Å²) < 4.78 is 5.12. The first-order valence-corrected chi connectivity index (χ1v) is 6.65. The molecule has 1 aromatic carbocycles. The fourth-order valence-electron chi connectivity index (χ4n) is 2.01. The van der Waals surface area contributed by atoms with E-state index in [0.29, 0.717) is 6.42 Å². The second kappa shape index (κ2) is 5.53. The molecule has 0 spiro atoms. The summed E-state index contributed by atoms with van der Waals surface area (Å²) in [4.78, 5) is 17.5. The molecule has 1 amide bonds. The summed E-state index contributed by atoms with van der Waals surface area (Å²) in [6, 6.07) is 7.62. The molecular weight excluding hydrogens is 256 g/mol. The summed E-state index contributed by atoms with van der Waals surface area (Å²) in [5.74, 6) is 0.647. The zero-order valence-corrected chi connectivity index (χ0v) is 12.3. The molecule has 1 aliphatic rings. The van der Waals surface area contributed by atoms with Crippen LogP contribution in [0.2, 0.25) is 0 Å². The van der Waals surface area contributed by atoms with Crippen LogP contribution in [0.4, 0.5) is 0 Å². The van der Waals surface area contributed by atoms with Gasteiger partial charge in [-0.3, -0.25) is 4.79 Å². The van der Waals surface area contributed by atoms with Crippen LogP contribution < -0.4 is 10.1 Å². The minimum atomic E-state index is -0.931. The summed E-state index contributed by atoms with van der Waals surface area (Å²) in [5.41, 5.74) is 0.778. The van der Waals surface area contributed by atoms with Crippen LogP contribution in [0.3, 0.4) is 0 Å². The third-order valence-electron chi connectivity index (χ3n) is 3.19. The average Bonchev–Trinajstić information content (AvgIpc) is 2.82. The van der Waals surface area contributed by atoms with Crippen LogP contribution in [0.25, 0.3) is 0 Å². The molecule has 5 heteroatoms. The average molecular weight is 276 g/mol. The lowest BCUT2D eigenvalue weighted by Gasteiger charge is -2.21. The topological polar surface area (TPSA) is 59.9 Å². The van der Waals surface area contributed by atoms with Crippen molar-refractivity contribution in [1.82, 2.24) is 5.32 Å². The van der Waals surface area contributed by atoms with E-state index in [1.807, 2.05) is 38.1 Å². The number of nitrogens with one attached hydrogen (secondary N) is 1. The molecule has 0 saturated heterocycles. The molecule has 2 rings (SSSR count). The van der Waals surface area contributed by atoms with E-state index in [-0.39, 0.29) is 11.9 Å². The van der Waals surface area contributed by atoms with Crippen molar-refractivity contribution in [2.24, 2.45) is 5.16 Å². The number of rotatable bonds is 4. The van der Waals surface area contributed by atoms with Gasteiger partial charge in [-0.1, -0.05) is 5.16 Å². The molecule has 1 aromatic rings. The maximum absolute atomic E-state index is 12.1. The van der Waals surface area contributed by atoms with Gasteiger partial charge in [0.2, 0.25) is 5.60 Å². The van der Waals surface area contributed by atoms with Crippen LogP contribution in [0.5, 0.6) is 5.75 Å². The van der Waals surface area contributed by atoms with Gasteiger partial charge < -0.3 is 14.9 Å². The minimum Gasteiger partial charge on any atom is -0.497 e. The number of hydrogen-bond donors (Lipinski definition) is 1. The van der Waals surface area contributed by atoms with Gasteiger partial charge in [-0.2, -0.15) is 0 Å². The van der Waals surface area contributed by atoms with Crippen LogP contribution in [-0.2, 0) is 9.63 Å². The number of carbonyl (C=O) groups is 1. The Bertz CT molecular complexity index is 522. The molecule has 0 fully saturated rings. The first-order chi connectivity index (χ1) is 9.44. The summed E-state index contributed by atoms with van der Waals surface area (Å²) in [6.45, 7) is 5.59. The van der Waals surface area contributed by atoms with E-state index < -0.39 is 5.60 Å². The normalized spacial score (nSPS) is 21.4. The van der Waals surface area contributed by atoms with Crippen molar-refractivity contribution in [3.05, 3.63) is 29.8 Å². The van der Waals surface area contributed by atoms with Crippen molar-refractivity contribution in [1.29, 1.82) is 0 Å². The Morgan fingerprint density at radius 1 is 1.40 bits per heavy atom. The largest absolute Gasteiger partial charge is 0.497 e. The van der Waals surface area contributed by atoms with Gasteiger partial charge in [-0.05, 0) is 50.6 Å². The van der Waals surface area contributed by atoms with Crippen LogP contribution in [0.1, 0.15) is 32.8 Å². The lowest BCUT2D eigenvalue weighted by Crippen LogP contribution is -2.47. The molecule has 1 heterocycles. The number of nitrogens with zero attached hydrogens (tertiary/aromatic N) is 1. The SMILES string of the molecule is COc1ccc(C2=NOC(C)(C(=O)NC(C)C)C2)cc1. The number of oxime groups is 1. The number of ether oxygens (including phenoxy) is 1. The molecule has 1 N–H and O–H groups in total. The Hall–Kier alpha value is -2.04. The third-order valence-corrected chi connectivity index (χ3v) is 3.19. The minimum absolute atomic E-state index is 0.0768. The Labute approximate surface area is 118 Å². The highest BCUT2D eigenvalue weighted by molar-refractivity contribution is 6.05. The quantitative estimate of drug-likeness (QED) is 0.916. The van der Waals surface area contributed by atoms with E-state index in [1.165, 1.54) is 0 Å². The Kier molecular flexibility index (Phi) is 3.97. The highest BCUT2D eigenvalue weighted by atomic mass is 16.7. The maximum Gasteiger partial charge on any atom is 0.267 e. The van der Waals surface area contributed by atoms with E-state index in [2.05, 4.69) is 10.5 Å². The highest BCUT2D eigenvalue weighted by Crippen LogP contribution is 2.27. The number of carbonyl (C=O) groups excluding carboxylic acids is 1. The molecule has 0 bridgehead atoms. The number of amides is 1. The molecule has 0 saturated carbocycles. The van der Waals surface area contributed by atoms with Crippen molar-refractivity contribution in [2.45, 2.75) is 38.8 Å². The van der Waals surface area contributed by atoms with Gasteiger partial charge in [-0.15, -0.1) is 0 Å². The molecule has 0 aromatic heterocycles. The fraction of sp³-hybridized carbons (Fsp3) is 0.467. The van der Waals surface area contributed by atoms with Crippen molar-refractivity contribution in [2.75, 3.05) is 7.11 Å². The second-order valence-electron chi connectivity index (χ2n) is 5.39. The van der Waals surface area contributed by atoms with Crippen molar-refractivity contribution < 1.29 is 14.4 Å². The summed E-state index contributed by atoms with van der Waals surface area (Å²) in [5, 5.41) is 6.92. The Morgan fingerprint density at radius 3 is 2.60 bits per heavy atom. The molecule has 20 heavy (non-hydrogen) atoms. The van der Waals surface area contributed by atoms with Gasteiger partial charge in [0.25, 0.3) is 5.91 Å². The van der Waals surface area contributed by atoms with Crippen LogP contribution in [0.15, 0.2) is 29.4 Å². The van der Waals surface area contributed by atoms with E-state index in [4.69, 9.17) is 9.57 Å². The predicted octanol–water partition coefficient (Wildman–Crippen LogP) is 2.10. The van der Waals surface area contributed by atoms with Crippen LogP contribution in [-0.4, -0.2) is 30.4 Å². The molecule has 0 radical (unpaired) electrons. The van der Waals surface area contributed by atoms with Crippen molar-refractivity contribution >= 4 is 11.6 Å². The van der Waals surface area contributed by atoms with E-state index in [9.17, 15) is 4.79 Å². The van der Waals surface area contributed by atoms with Crippen molar-refractivity contribution in [3.8, 4) is 5.75 Å². The molecular formula is C15H20N2O3. The van der Waals surface area contributed by atoms with Crippen molar-refractivity contribution in [3.63, 3.8) is 0 Å². The first kappa shape index (κ1) is 14.4. The van der Waals surface area contributed by atoms with Gasteiger partial charge in [0.05, 0.1) is 12.8 Å². The molecule has 108 valence electrons. The number of benzene rings is 1. The molecule has 5 nitrogen and oxygen atoms in total. The van der Waals surface area contributed by atoms with Gasteiger partial charge in [-0.25, -0.2) is 0 Å². The molecule has 0 aliphatic carbocycles. The Morgan fingerprint density at radius 2 is 2.05 bits per heavy atom. The summed E-state index contributed by atoms with van der Waals surface area (Å²) >= 11 is 0. The van der Waals surface area contributed by atoms with E-state index in [1.54, 1.807) is 14.0 Å². The van der Waals surface area contributed by atoms with Gasteiger partial charge >= 0.3 is 0 Å². The number of hydrogen-bond acceptors (Lipinski definition) is 4. The standard InChI is InChI=1S/C15H20N2O3/c1-10(2)16-14(18)15(3)9-13(17-20-15)11-5-7-12(19-4)8-6-11/h5-8,10H,9H2,1-4H3,(H,16,18). The summed E-state index contributed by atoms with van der Waals surface area (Å²) in [7, 11) is 1.62. The lowest BCUT2D eigenvalue weighted by molar-refractivity contribution is -0.142. The molecule has 1 aliphatic heterocycles. The predicted molar refractivity (Wildman–Crippen MR) is 76.9 cm³/mol.